The molecule has 1 saturated heterocycles. The molecule has 1 fully saturated rings. The van der Waals surface area contributed by atoms with Crippen molar-refractivity contribution in [1.29, 1.82) is 0 Å². The van der Waals surface area contributed by atoms with Crippen molar-refractivity contribution in [3.05, 3.63) is 24.3 Å². The van der Waals surface area contributed by atoms with Crippen LogP contribution in [0.5, 0.6) is 0 Å². The largest absolute Gasteiger partial charge is 0.379 e. The van der Waals surface area contributed by atoms with Crippen LogP contribution in [0.1, 0.15) is 27.2 Å². The molecule has 1 heterocycles. The van der Waals surface area contributed by atoms with Gasteiger partial charge in [-0.2, -0.15) is 0 Å². The fourth-order valence-electron chi connectivity index (χ4n) is 1.79. The van der Waals surface area contributed by atoms with E-state index in [1.54, 1.807) is 0 Å². The molecule has 15 heavy (non-hydrogen) atoms. The van der Waals surface area contributed by atoms with Crippen LogP contribution in [0.2, 0.25) is 0 Å². The molecular weight excluding hydrogens is 186 g/mol. The fraction of sp³-hybridized carbons (Fsp3) is 0.692. The van der Waals surface area contributed by atoms with Gasteiger partial charge >= 0.3 is 0 Å². The van der Waals surface area contributed by atoms with Gasteiger partial charge in [0.05, 0.1) is 13.2 Å². The molecule has 2 heteroatoms. The normalized spacial score (nSPS) is 19.7. The maximum atomic E-state index is 5.36. The van der Waals surface area contributed by atoms with E-state index in [1.807, 2.05) is 0 Å². The molecular formula is C13H23NO. The van der Waals surface area contributed by atoms with Crippen LogP contribution in [-0.2, 0) is 4.74 Å². The maximum Gasteiger partial charge on any atom is 0.0594 e. The summed E-state index contributed by atoms with van der Waals surface area (Å²) in [6.45, 7) is 14.3. The van der Waals surface area contributed by atoms with Gasteiger partial charge in [-0.15, -0.1) is 0 Å². The molecule has 0 aromatic carbocycles. The Bertz CT molecular complexity index is 237. The average Bonchev–Trinajstić information content (AvgIpc) is 2.18. The van der Waals surface area contributed by atoms with E-state index in [-0.39, 0.29) is 5.54 Å². The molecule has 0 saturated carbocycles. The zero-order valence-corrected chi connectivity index (χ0v) is 10.3. The highest BCUT2D eigenvalue weighted by atomic mass is 16.5. The summed E-state index contributed by atoms with van der Waals surface area (Å²) >= 11 is 0. The molecule has 0 unspecified atom stereocenters. The van der Waals surface area contributed by atoms with E-state index in [1.165, 1.54) is 5.57 Å². The van der Waals surface area contributed by atoms with E-state index in [0.29, 0.717) is 0 Å². The second kappa shape index (κ2) is 5.47. The third kappa shape index (κ3) is 4.18. The van der Waals surface area contributed by atoms with Crippen molar-refractivity contribution in [3.63, 3.8) is 0 Å². The highest BCUT2D eigenvalue weighted by molar-refractivity contribution is 5.07. The number of hydrogen-bond donors (Lipinski definition) is 0. The van der Waals surface area contributed by atoms with Gasteiger partial charge in [-0.3, -0.25) is 4.90 Å². The van der Waals surface area contributed by atoms with Gasteiger partial charge in [-0.05, 0) is 27.2 Å². The quantitative estimate of drug-likeness (QED) is 0.660. The third-order valence-corrected chi connectivity index (χ3v) is 2.82. The van der Waals surface area contributed by atoms with Gasteiger partial charge in [0.25, 0.3) is 0 Å². The number of allylic oxidation sites excluding steroid dienone is 2. The summed E-state index contributed by atoms with van der Waals surface area (Å²) < 4.78 is 5.36. The number of rotatable bonds is 4. The molecule has 1 aliphatic rings. The van der Waals surface area contributed by atoms with E-state index >= 15 is 0 Å². The molecule has 2 nitrogen and oxygen atoms in total. The molecule has 0 bridgehead atoms. The van der Waals surface area contributed by atoms with Crippen molar-refractivity contribution >= 4 is 0 Å². The third-order valence-electron chi connectivity index (χ3n) is 2.82. The van der Waals surface area contributed by atoms with Gasteiger partial charge in [0.15, 0.2) is 0 Å². The maximum absolute atomic E-state index is 5.36. The monoisotopic (exact) mass is 209 g/mol. The van der Waals surface area contributed by atoms with Crippen LogP contribution in [0.15, 0.2) is 24.3 Å². The first-order chi connectivity index (χ1) is 7.02. The van der Waals surface area contributed by atoms with Crippen LogP contribution >= 0.6 is 0 Å². The summed E-state index contributed by atoms with van der Waals surface area (Å²) in [6, 6.07) is 0. The number of hydrogen-bond acceptors (Lipinski definition) is 2. The molecule has 0 aliphatic carbocycles. The number of morpholine rings is 1. The SMILES string of the molecule is C=C(C)CC=CC(C)(C)N1CCOCC1. The van der Waals surface area contributed by atoms with E-state index in [0.717, 1.165) is 32.7 Å². The van der Waals surface area contributed by atoms with Crippen LogP contribution < -0.4 is 0 Å². The average molecular weight is 209 g/mol. The Kier molecular flexibility index (Phi) is 4.55. The Morgan fingerprint density at radius 2 is 2.00 bits per heavy atom. The summed E-state index contributed by atoms with van der Waals surface area (Å²) in [5, 5.41) is 0. The predicted molar refractivity (Wildman–Crippen MR) is 65.0 cm³/mol. The topological polar surface area (TPSA) is 12.5 Å². The Labute approximate surface area is 93.6 Å². The fourth-order valence-corrected chi connectivity index (χ4v) is 1.79. The molecule has 1 aliphatic heterocycles. The lowest BCUT2D eigenvalue weighted by Crippen LogP contribution is -2.48. The lowest BCUT2D eigenvalue weighted by atomic mass is 10.0. The second-order valence-corrected chi connectivity index (χ2v) is 4.82. The van der Waals surface area contributed by atoms with E-state index in [2.05, 4.69) is 44.4 Å². The van der Waals surface area contributed by atoms with Crippen molar-refractivity contribution in [2.24, 2.45) is 0 Å². The van der Waals surface area contributed by atoms with Crippen LogP contribution in [-0.4, -0.2) is 36.7 Å². The van der Waals surface area contributed by atoms with E-state index in [9.17, 15) is 0 Å². The summed E-state index contributed by atoms with van der Waals surface area (Å²) in [6.07, 6.45) is 5.48. The highest BCUT2D eigenvalue weighted by Gasteiger charge is 2.24. The Balaban J connectivity index is 2.48. The molecule has 0 aromatic heterocycles. The van der Waals surface area contributed by atoms with Crippen LogP contribution in [0.4, 0.5) is 0 Å². The summed E-state index contributed by atoms with van der Waals surface area (Å²) in [5.41, 5.74) is 1.35. The van der Waals surface area contributed by atoms with Crippen molar-refractivity contribution in [2.45, 2.75) is 32.7 Å². The first-order valence-corrected chi connectivity index (χ1v) is 5.67. The van der Waals surface area contributed by atoms with Gasteiger partial charge in [0.1, 0.15) is 0 Å². The first kappa shape index (κ1) is 12.5. The number of nitrogens with zero attached hydrogens (tertiary/aromatic N) is 1. The van der Waals surface area contributed by atoms with Crippen LogP contribution in [0, 0.1) is 0 Å². The Morgan fingerprint density at radius 1 is 1.40 bits per heavy atom. The minimum Gasteiger partial charge on any atom is -0.379 e. The molecule has 0 N–H and O–H groups in total. The number of ether oxygens (including phenoxy) is 1. The molecule has 1 rings (SSSR count). The first-order valence-electron chi connectivity index (χ1n) is 5.67. The molecule has 0 radical (unpaired) electrons. The molecule has 0 aromatic rings. The Hall–Kier alpha value is -0.600. The Morgan fingerprint density at radius 3 is 2.53 bits per heavy atom. The lowest BCUT2D eigenvalue weighted by molar-refractivity contribution is 0.00470. The summed E-state index contributed by atoms with van der Waals surface area (Å²) in [4.78, 5) is 2.46. The minimum absolute atomic E-state index is 0.138. The van der Waals surface area contributed by atoms with Gasteiger partial charge in [-0.25, -0.2) is 0 Å². The van der Waals surface area contributed by atoms with Crippen molar-refractivity contribution in [1.82, 2.24) is 4.90 Å². The standard InChI is InChI=1S/C13H23NO/c1-12(2)6-5-7-13(3,4)14-8-10-15-11-9-14/h5,7H,1,6,8-11H2,2-4H3. The lowest BCUT2D eigenvalue weighted by Gasteiger charge is -2.38. The van der Waals surface area contributed by atoms with Gasteiger partial charge < -0.3 is 4.74 Å². The van der Waals surface area contributed by atoms with Crippen molar-refractivity contribution in [3.8, 4) is 0 Å². The smallest absolute Gasteiger partial charge is 0.0594 e. The molecule has 0 atom stereocenters. The zero-order chi connectivity index (χ0) is 11.3. The van der Waals surface area contributed by atoms with Gasteiger partial charge in [0, 0.05) is 18.6 Å². The van der Waals surface area contributed by atoms with Gasteiger partial charge in [0.2, 0.25) is 0 Å². The molecule has 0 spiro atoms. The summed E-state index contributed by atoms with van der Waals surface area (Å²) in [7, 11) is 0. The second-order valence-electron chi connectivity index (χ2n) is 4.82. The van der Waals surface area contributed by atoms with Gasteiger partial charge in [-0.1, -0.05) is 24.3 Å². The van der Waals surface area contributed by atoms with Crippen LogP contribution in [0.3, 0.4) is 0 Å². The van der Waals surface area contributed by atoms with E-state index < -0.39 is 0 Å². The molecule has 86 valence electrons. The highest BCUT2D eigenvalue weighted by Crippen LogP contribution is 2.18. The van der Waals surface area contributed by atoms with Crippen molar-refractivity contribution < 1.29 is 4.74 Å². The summed E-state index contributed by atoms with van der Waals surface area (Å²) in [5.74, 6) is 0. The zero-order valence-electron chi connectivity index (χ0n) is 10.3. The predicted octanol–water partition coefficient (Wildman–Crippen LogP) is 2.62. The minimum atomic E-state index is 0.138. The van der Waals surface area contributed by atoms with E-state index in [4.69, 9.17) is 4.74 Å². The van der Waals surface area contributed by atoms with Crippen molar-refractivity contribution in [2.75, 3.05) is 26.3 Å². The van der Waals surface area contributed by atoms with Crippen LogP contribution in [0.25, 0.3) is 0 Å². The molecule has 0 amide bonds.